The molecule has 0 bridgehead atoms. The first-order valence-corrected chi connectivity index (χ1v) is 31.8. The fourth-order valence-corrected chi connectivity index (χ4v) is 8.69. The standard InChI is InChI=1S/C45H68O8.C22H34O4.CH2Cl2/c1-5-7-9-11-13-15-17-19-21-23-33-50-44(46)31-27-38-25-29-40(42(35-38)48-3)52-37-53-41-30-26-39(36-43(41)49-4)28-32-45(47)51-34-24-22-20-18-16-14-12-10-8-6-2;1-3-4-5-6-7-8-9-10-11-12-17-26-22(24)16-14-19-13-15-20(23)21(18-19)25-2;2-1-3/h25-32,35-36H,5-24,33-34,37H2,1-4H3;13-16,18,23H,3-12,17H2,1-2H3;1H2. The largest absolute Gasteiger partial charge is 0.504 e. The fraction of sp³-hybridized carbons (Fsp3) is 0.603. The Labute approximate surface area is 505 Å². The van der Waals surface area contributed by atoms with Crippen LogP contribution < -0.4 is 23.7 Å². The number of carbonyl (C=O) groups excluding carboxylic acids is 3. The van der Waals surface area contributed by atoms with Crippen LogP contribution in [0.3, 0.4) is 0 Å². The minimum absolute atomic E-state index is 0.0770. The summed E-state index contributed by atoms with van der Waals surface area (Å²) in [5.41, 5.74) is 2.33. The van der Waals surface area contributed by atoms with Crippen molar-refractivity contribution in [3.8, 4) is 34.5 Å². The van der Waals surface area contributed by atoms with Gasteiger partial charge in [0, 0.05) is 18.2 Å². The Bertz CT molecular complexity index is 2060. The molecule has 0 aliphatic carbocycles. The van der Waals surface area contributed by atoms with Gasteiger partial charge in [0.1, 0.15) is 0 Å². The lowest BCUT2D eigenvalue weighted by atomic mass is 10.1. The minimum Gasteiger partial charge on any atom is -0.504 e. The molecule has 0 aliphatic rings. The molecular weight excluding hydrogens is 1080 g/mol. The monoisotopic (exact) mass is 1180 g/mol. The number of phenolic OH excluding ortho intramolecular Hbond substituents is 1. The van der Waals surface area contributed by atoms with Crippen LogP contribution in [0, 0.1) is 0 Å². The van der Waals surface area contributed by atoms with Gasteiger partial charge in [0.15, 0.2) is 34.5 Å². The van der Waals surface area contributed by atoms with Crippen molar-refractivity contribution in [1.29, 1.82) is 0 Å². The summed E-state index contributed by atoms with van der Waals surface area (Å²) in [4.78, 5) is 36.1. The van der Waals surface area contributed by atoms with Gasteiger partial charge in [0.2, 0.25) is 6.79 Å². The summed E-state index contributed by atoms with van der Waals surface area (Å²) >= 11 is 9.53. The first-order chi connectivity index (χ1) is 40.1. The van der Waals surface area contributed by atoms with Crippen molar-refractivity contribution in [2.45, 2.75) is 213 Å². The van der Waals surface area contributed by atoms with Crippen molar-refractivity contribution >= 4 is 59.3 Å². The Hall–Kier alpha value is -5.33. The molecular formula is C68H104Cl2O12. The summed E-state index contributed by atoms with van der Waals surface area (Å²) < 4.78 is 43.7. The topological polar surface area (TPSA) is 145 Å². The van der Waals surface area contributed by atoms with E-state index in [4.69, 9.17) is 61.1 Å². The van der Waals surface area contributed by atoms with Gasteiger partial charge < -0.3 is 43.0 Å². The molecule has 82 heavy (non-hydrogen) atoms. The number of halogens is 2. The van der Waals surface area contributed by atoms with Gasteiger partial charge in [0.05, 0.1) is 46.5 Å². The summed E-state index contributed by atoms with van der Waals surface area (Å²) in [7, 11) is 4.60. The second-order valence-electron chi connectivity index (χ2n) is 20.3. The molecule has 0 saturated heterocycles. The molecule has 12 nitrogen and oxygen atoms in total. The molecule has 0 radical (unpaired) electrons. The molecule has 1 N–H and O–H groups in total. The van der Waals surface area contributed by atoms with Crippen LogP contribution in [0.1, 0.15) is 230 Å². The van der Waals surface area contributed by atoms with Gasteiger partial charge in [-0.1, -0.05) is 212 Å². The van der Waals surface area contributed by atoms with Gasteiger partial charge in [-0.05, 0) is 90.6 Å². The van der Waals surface area contributed by atoms with Crippen LogP contribution in [-0.2, 0) is 28.6 Å². The molecule has 0 aliphatic heterocycles. The Morgan fingerprint density at radius 2 is 0.634 bits per heavy atom. The third-order valence-corrected chi connectivity index (χ3v) is 13.5. The van der Waals surface area contributed by atoms with Gasteiger partial charge >= 0.3 is 17.9 Å². The first kappa shape index (κ1) is 74.7. The molecule has 0 amide bonds. The average molecular weight is 1180 g/mol. The molecule has 3 aromatic rings. The summed E-state index contributed by atoms with van der Waals surface area (Å²) in [5, 5.41) is 9.74. The van der Waals surface area contributed by atoms with Crippen LogP contribution in [0.5, 0.6) is 34.5 Å². The van der Waals surface area contributed by atoms with Gasteiger partial charge in [-0.2, -0.15) is 0 Å². The van der Waals surface area contributed by atoms with Crippen molar-refractivity contribution in [2.24, 2.45) is 0 Å². The molecule has 0 aromatic heterocycles. The first-order valence-electron chi connectivity index (χ1n) is 30.7. The Balaban J connectivity index is 0.000000964. The maximum Gasteiger partial charge on any atom is 0.330 e. The lowest BCUT2D eigenvalue weighted by molar-refractivity contribution is -0.138. The lowest BCUT2D eigenvalue weighted by Crippen LogP contribution is -2.07. The fourth-order valence-electron chi connectivity index (χ4n) is 8.69. The quantitative estimate of drug-likeness (QED) is 0.0143. The highest BCUT2D eigenvalue weighted by Crippen LogP contribution is 2.32. The Morgan fingerprint density at radius 1 is 0.378 bits per heavy atom. The number of phenols is 1. The molecule has 0 spiro atoms. The molecule has 0 heterocycles. The third-order valence-electron chi connectivity index (χ3n) is 13.5. The van der Waals surface area contributed by atoms with E-state index in [1.54, 1.807) is 68.8 Å². The van der Waals surface area contributed by atoms with Crippen molar-refractivity contribution < 1.29 is 57.4 Å². The number of ether oxygens (including phenoxy) is 8. The van der Waals surface area contributed by atoms with E-state index in [1.807, 2.05) is 12.1 Å². The number of rotatable bonds is 46. The number of aromatic hydroxyl groups is 1. The number of carbonyl (C=O) groups is 3. The number of methoxy groups -OCH3 is 3. The zero-order chi connectivity index (χ0) is 59.9. The van der Waals surface area contributed by atoms with Gasteiger partial charge in [0.25, 0.3) is 0 Å². The SMILES string of the molecule is CCCCCCCCCCCCOC(=O)C=Cc1ccc(O)c(OC)c1.CCCCCCCCCCCCOC(=O)C=Cc1ccc(OCOc2ccc(C=CC(=O)OCCCCCCCCCCCC)cc2OC)c(OC)c1.ClCCl. The zero-order valence-corrected chi connectivity index (χ0v) is 52.6. The third kappa shape index (κ3) is 40.8. The second kappa shape index (κ2) is 53.7. The van der Waals surface area contributed by atoms with E-state index in [0.29, 0.717) is 48.6 Å². The van der Waals surface area contributed by atoms with Gasteiger partial charge in [-0.15, -0.1) is 23.2 Å². The van der Waals surface area contributed by atoms with Crippen LogP contribution in [0.15, 0.2) is 72.8 Å². The van der Waals surface area contributed by atoms with Gasteiger partial charge in [-0.3, -0.25) is 0 Å². The highest BCUT2D eigenvalue weighted by molar-refractivity contribution is 6.40. The molecule has 0 saturated carbocycles. The van der Waals surface area contributed by atoms with Crippen molar-refractivity contribution in [3.05, 3.63) is 89.5 Å². The van der Waals surface area contributed by atoms with Crippen molar-refractivity contribution in [1.82, 2.24) is 0 Å². The number of hydrogen-bond donors (Lipinski definition) is 1. The minimum atomic E-state index is -0.358. The summed E-state index contributed by atoms with van der Waals surface area (Å²) in [5.74, 6) is 1.38. The van der Waals surface area contributed by atoms with E-state index in [0.717, 1.165) is 55.2 Å². The molecule has 14 heteroatoms. The van der Waals surface area contributed by atoms with E-state index in [9.17, 15) is 19.5 Å². The predicted molar refractivity (Wildman–Crippen MR) is 339 cm³/mol. The second-order valence-corrected chi connectivity index (χ2v) is 21.1. The highest BCUT2D eigenvalue weighted by Gasteiger charge is 2.10. The summed E-state index contributed by atoms with van der Waals surface area (Å²) in [6.45, 7) is 7.99. The average Bonchev–Trinajstić information content (AvgIpc) is 3.56. The molecule has 3 aromatic carbocycles. The molecule has 462 valence electrons. The van der Waals surface area contributed by atoms with Crippen LogP contribution in [-0.4, -0.2) is 76.3 Å². The number of esters is 3. The van der Waals surface area contributed by atoms with E-state index in [1.165, 1.54) is 186 Å². The van der Waals surface area contributed by atoms with E-state index < -0.39 is 0 Å². The van der Waals surface area contributed by atoms with Crippen molar-refractivity contribution in [2.75, 3.05) is 53.3 Å². The maximum atomic E-state index is 12.2. The van der Waals surface area contributed by atoms with E-state index in [2.05, 4.69) is 20.8 Å². The molecule has 3 rings (SSSR count). The number of alkyl halides is 2. The van der Waals surface area contributed by atoms with Crippen LogP contribution in [0.25, 0.3) is 18.2 Å². The number of hydrogen-bond acceptors (Lipinski definition) is 12. The Morgan fingerprint density at radius 3 is 0.915 bits per heavy atom. The smallest absolute Gasteiger partial charge is 0.330 e. The molecule has 0 fully saturated rings. The zero-order valence-electron chi connectivity index (χ0n) is 51.1. The number of benzene rings is 3. The predicted octanol–water partition coefficient (Wildman–Crippen LogP) is 19.4. The summed E-state index contributed by atoms with van der Waals surface area (Å²) in [6.07, 6.45) is 46.7. The van der Waals surface area contributed by atoms with Crippen LogP contribution in [0.2, 0.25) is 0 Å². The van der Waals surface area contributed by atoms with E-state index >= 15 is 0 Å². The number of unbranched alkanes of at least 4 members (excludes halogenated alkanes) is 27. The molecule has 0 atom stereocenters. The summed E-state index contributed by atoms with van der Waals surface area (Å²) in [6, 6.07) is 15.7. The highest BCUT2D eigenvalue weighted by atomic mass is 35.5. The van der Waals surface area contributed by atoms with E-state index in [-0.39, 0.29) is 35.8 Å². The normalized spacial score (nSPS) is 11.0. The maximum absolute atomic E-state index is 12.2. The van der Waals surface area contributed by atoms with Crippen molar-refractivity contribution in [3.63, 3.8) is 0 Å². The van der Waals surface area contributed by atoms with Gasteiger partial charge in [-0.25, -0.2) is 14.4 Å². The molecule has 0 unspecified atom stereocenters. The van der Waals surface area contributed by atoms with Crippen LogP contribution >= 0.6 is 23.2 Å². The Kier molecular flexibility index (Phi) is 48.9. The lowest BCUT2D eigenvalue weighted by Gasteiger charge is -2.14. The van der Waals surface area contributed by atoms with Crippen LogP contribution in [0.4, 0.5) is 0 Å².